The zero-order valence-electron chi connectivity index (χ0n) is 10.7. The van der Waals surface area contributed by atoms with Gasteiger partial charge in [-0.1, -0.05) is 35.3 Å². The molecule has 1 aliphatic rings. The van der Waals surface area contributed by atoms with Crippen LogP contribution in [0.3, 0.4) is 0 Å². The van der Waals surface area contributed by atoms with Crippen LogP contribution in [0.4, 0.5) is 0 Å². The molecule has 1 unspecified atom stereocenters. The minimum absolute atomic E-state index is 0.101. The summed E-state index contributed by atoms with van der Waals surface area (Å²) in [6.45, 7) is 2.39. The molecule has 0 saturated carbocycles. The first kappa shape index (κ1) is 14.6. The van der Waals surface area contributed by atoms with Gasteiger partial charge in [0, 0.05) is 13.1 Å². The van der Waals surface area contributed by atoms with Crippen molar-refractivity contribution in [2.75, 3.05) is 19.6 Å². The van der Waals surface area contributed by atoms with Crippen LogP contribution in [0.15, 0.2) is 18.2 Å². The summed E-state index contributed by atoms with van der Waals surface area (Å²) >= 11 is 12.1. The van der Waals surface area contributed by atoms with Crippen LogP contribution in [-0.2, 0) is 11.2 Å². The maximum atomic E-state index is 11.9. The van der Waals surface area contributed by atoms with Crippen LogP contribution in [0.25, 0.3) is 0 Å². The number of hydrogen-bond acceptors (Lipinski definition) is 2. The fourth-order valence-corrected chi connectivity index (χ4v) is 2.70. The summed E-state index contributed by atoms with van der Waals surface area (Å²) in [5.74, 6) is 0.230. The highest BCUT2D eigenvalue weighted by Crippen LogP contribution is 2.25. The van der Waals surface area contributed by atoms with Crippen molar-refractivity contribution < 1.29 is 4.79 Å². The van der Waals surface area contributed by atoms with Crippen molar-refractivity contribution >= 4 is 29.1 Å². The molecule has 0 radical (unpaired) electrons. The predicted octanol–water partition coefficient (Wildman–Crippen LogP) is 2.65. The van der Waals surface area contributed by atoms with E-state index in [1.54, 1.807) is 6.07 Å². The second-order valence-corrected chi connectivity index (χ2v) is 5.58. The maximum Gasteiger partial charge on any atom is 0.224 e. The number of benzene rings is 1. The van der Waals surface area contributed by atoms with E-state index in [-0.39, 0.29) is 11.8 Å². The van der Waals surface area contributed by atoms with Gasteiger partial charge >= 0.3 is 0 Å². The lowest BCUT2D eigenvalue weighted by Gasteiger charge is -2.21. The lowest BCUT2D eigenvalue weighted by molar-refractivity contribution is -0.125. The number of carbonyl (C=O) groups is 1. The van der Waals surface area contributed by atoms with E-state index in [0.717, 1.165) is 31.5 Å². The normalized spacial score (nSPS) is 19.2. The molecule has 1 aromatic carbocycles. The minimum atomic E-state index is 0.101. The molecule has 1 atom stereocenters. The average molecular weight is 301 g/mol. The Balaban J connectivity index is 1.79. The zero-order chi connectivity index (χ0) is 13.7. The maximum absolute atomic E-state index is 11.9. The molecule has 0 aromatic heterocycles. The van der Waals surface area contributed by atoms with E-state index in [1.807, 2.05) is 12.1 Å². The molecule has 1 saturated heterocycles. The highest BCUT2D eigenvalue weighted by atomic mass is 35.5. The van der Waals surface area contributed by atoms with Gasteiger partial charge in [0.15, 0.2) is 0 Å². The van der Waals surface area contributed by atoms with E-state index in [1.165, 1.54) is 0 Å². The minimum Gasteiger partial charge on any atom is -0.355 e. The number of nitrogens with one attached hydrogen (secondary N) is 2. The van der Waals surface area contributed by atoms with E-state index in [9.17, 15) is 4.79 Å². The van der Waals surface area contributed by atoms with Crippen molar-refractivity contribution in [3.05, 3.63) is 33.8 Å². The third-order valence-electron chi connectivity index (χ3n) is 3.39. The predicted molar refractivity (Wildman–Crippen MR) is 78.8 cm³/mol. The van der Waals surface area contributed by atoms with Gasteiger partial charge in [0.25, 0.3) is 0 Å². The Morgan fingerprint density at radius 2 is 2.26 bits per heavy atom. The Bertz CT molecular complexity index is 445. The highest BCUT2D eigenvalue weighted by molar-refractivity contribution is 6.42. The lowest BCUT2D eigenvalue weighted by atomic mass is 9.99. The number of halogens is 2. The van der Waals surface area contributed by atoms with Crippen LogP contribution >= 0.6 is 23.2 Å². The van der Waals surface area contributed by atoms with Gasteiger partial charge in [-0.2, -0.15) is 0 Å². The number of rotatable bonds is 4. The van der Waals surface area contributed by atoms with Crippen LogP contribution in [0.2, 0.25) is 10.0 Å². The molecule has 5 heteroatoms. The molecule has 2 rings (SSSR count). The summed E-state index contributed by atoms with van der Waals surface area (Å²) in [6.07, 6.45) is 2.74. The van der Waals surface area contributed by atoms with Gasteiger partial charge in [0.05, 0.1) is 16.0 Å². The molecule has 1 aliphatic heterocycles. The van der Waals surface area contributed by atoms with Crippen LogP contribution in [0, 0.1) is 5.92 Å². The summed E-state index contributed by atoms with van der Waals surface area (Å²) in [5, 5.41) is 7.35. The molecule has 1 heterocycles. The van der Waals surface area contributed by atoms with Crippen molar-refractivity contribution in [2.24, 2.45) is 5.92 Å². The van der Waals surface area contributed by atoms with Gasteiger partial charge in [-0.25, -0.2) is 0 Å². The van der Waals surface area contributed by atoms with Crippen LogP contribution in [-0.4, -0.2) is 25.5 Å². The standard InChI is InChI=1S/C14H18Cl2N2O/c15-12-5-1-3-10(13(12)16)6-8-18-14(19)11-4-2-7-17-9-11/h1,3,5,11,17H,2,4,6-9H2,(H,18,19). The monoisotopic (exact) mass is 300 g/mol. The molecule has 1 aromatic rings. The Morgan fingerprint density at radius 3 is 3.00 bits per heavy atom. The molecule has 0 bridgehead atoms. The second kappa shape index (κ2) is 7.13. The van der Waals surface area contributed by atoms with E-state index >= 15 is 0 Å². The van der Waals surface area contributed by atoms with E-state index in [4.69, 9.17) is 23.2 Å². The quantitative estimate of drug-likeness (QED) is 0.897. The molecule has 104 valence electrons. The molecule has 2 N–H and O–H groups in total. The van der Waals surface area contributed by atoms with Crippen molar-refractivity contribution in [1.29, 1.82) is 0 Å². The summed E-state index contributed by atoms with van der Waals surface area (Å²) < 4.78 is 0. The number of carbonyl (C=O) groups excluding carboxylic acids is 1. The summed E-state index contributed by atoms with van der Waals surface area (Å²) in [4.78, 5) is 11.9. The molecular formula is C14H18Cl2N2O. The van der Waals surface area contributed by atoms with Gasteiger partial charge in [-0.3, -0.25) is 4.79 Å². The van der Waals surface area contributed by atoms with Crippen molar-refractivity contribution in [3.63, 3.8) is 0 Å². The van der Waals surface area contributed by atoms with Gasteiger partial charge in [0.2, 0.25) is 5.91 Å². The molecule has 0 aliphatic carbocycles. The van der Waals surface area contributed by atoms with Crippen LogP contribution in [0.5, 0.6) is 0 Å². The summed E-state index contributed by atoms with van der Waals surface area (Å²) in [6, 6.07) is 5.57. The van der Waals surface area contributed by atoms with E-state index in [0.29, 0.717) is 23.0 Å². The Labute approximate surface area is 123 Å². The molecular weight excluding hydrogens is 283 g/mol. The largest absolute Gasteiger partial charge is 0.355 e. The number of hydrogen-bond donors (Lipinski definition) is 2. The van der Waals surface area contributed by atoms with Crippen LogP contribution in [0.1, 0.15) is 18.4 Å². The smallest absolute Gasteiger partial charge is 0.224 e. The van der Waals surface area contributed by atoms with Gasteiger partial charge in [-0.15, -0.1) is 0 Å². The van der Waals surface area contributed by atoms with Gasteiger partial charge in [-0.05, 0) is 37.4 Å². The van der Waals surface area contributed by atoms with Crippen molar-refractivity contribution in [3.8, 4) is 0 Å². The lowest BCUT2D eigenvalue weighted by Crippen LogP contribution is -2.41. The first-order valence-corrected chi connectivity index (χ1v) is 7.35. The summed E-state index contributed by atoms with van der Waals surface area (Å²) in [5.41, 5.74) is 0.969. The van der Waals surface area contributed by atoms with E-state index < -0.39 is 0 Å². The highest BCUT2D eigenvalue weighted by Gasteiger charge is 2.20. The zero-order valence-corrected chi connectivity index (χ0v) is 12.2. The Kier molecular flexibility index (Phi) is 5.49. The SMILES string of the molecule is O=C(NCCc1cccc(Cl)c1Cl)C1CCCNC1. The molecule has 1 fully saturated rings. The van der Waals surface area contributed by atoms with Crippen LogP contribution < -0.4 is 10.6 Å². The molecule has 3 nitrogen and oxygen atoms in total. The summed E-state index contributed by atoms with van der Waals surface area (Å²) in [7, 11) is 0. The fourth-order valence-electron chi connectivity index (χ4n) is 2.28. The Morgan fingerprint density at radius 1 is 1.42 bits per heavy atom. The fraction of sp³-hybridized carbons (Fsp3) is 0.500. The first-order chi connectivity index (χ1) is 9.18. The van der Waals surface area contributed by atoms with Gasteiger partial charge in [0.1, 0.15) is 0 Å². The van der Waals surface area contributed by atoms with Gasteiger partial charge < -0.3 is 10.6 Å². The molecule has 19 heavy (non-hydrogen) atoms. The van der Waals surface area contributed by atoms with E-state index in [2.05, 4.69) is 10.6 Å². The first-order valence-electron chi connectivity index (χ1n) is 6.60. The third-order valence-corrected chi connectivity index (χ3v) is 4.25. The van der Waals surface area contributed by atoms with Crippen molar-refractivity contribution in [1.82, 2.24) is 10.6 Å². The Hall–Kier alpha value is -0.770. The number of piperidine rings is 1. The third kappa shape index (κ3) is 4.10. The van der Waals surface area contributed by atoms with Crippen molar-refractivity contribution in [2.45, 2.75) is 19.3 Å². The molecule has 0 spiro atoms. The average Bonchev–Trinajstić information content (AvgIpc) is 2.44. The number of amides is 1. The molecule has 1 amide bonds. The topological polar surface area (TPSA) is 41.1 Å². The second-order valence-electron chi connectivity index (χ2n) is 4.80.